The van der Waals surface area contributed by atoms with Gasteiger partial charge in [-0.2, -0.15) is 4.98 Å². The number of amides is 1. The van der Waals surface area contributed by atoms with Gasteiger partial charge in [-0.1, -0.05) is 17.3 Å². The Hall–Kier alpha value is -2.41. The maximum Gasteiger partial charge on any atom is 0.241 e. The number of rotatable bonds is 5. The second-order valence-corrected chi connectivity index (χ2v) is 7.65. The summed E-state index contributed by atoms with van der Waals surface area (Å²) < 4.78 is 10.8. The van der Waals surface area contributed by atoms with Crippen LogP contribution in [0.25, 0.3) is 11.4 Å². The lowest BCUT2D eigenvalue weighted by atomic mass is 9.94. The molecule has 7 heteroatoms. The van der Waals surface area contributed by atoms with Gasteiger partial charge in [0.15, 0.2) is 0 Å². The number of piperidine rings is 2. The van der Waals surface area contributed by atoms with Crippen LogP contribution >= 0.6 is 0 Å². The predicted molar refractivity (Wildman–Crippen MR) is 105 cm³/mol. The number of hydrogen-bond donors (Lipinski definition) is 0. The minimum atomic E-state index is 0.168. The quantitative estimate of drug-likeness (QED) is 0.789. The highest BCUT2D eigenvalue weighted by atomic mass is 16.5. The summed E-state index contributed by atoms with van der Waals surface area (Å²) in [4.78, 5) is 21.6. The molecular weight excluding hydrogens is 356 g/mol. The number of hydrogen-bond acceptors (Lipinski definition) is 6. The molecule has 2 saturated heterocycles. The summed E-state index contributed by atoms with van der Waals surface area (Å²) in [7, 11) is 1.63. The molecule has 7 nitrogen and oxygen atoms in total. The Morgan fingerprint density at radius 2 is 1.89 bits per heavy atom. The predicted octanol–water partition coefficient (Wildman–Crippen LogP) is 2.97. The van der Waals surface area contributed by atoms with E-state index in [1.54, 1.807) is 7.11 Å². The van der Waals surface area contributed by atoms with Gasteiger partial charge in [-0.3, -0.25) is 9.69 Å². The van der Waals surface area contributed by atoms with Crippen LogP contribution in [-0.4, -0.2) is 59.1 Å². The summed E-state index contributed by atoms with van der Waals surface area (Å²) in [6, 6.07) is 7.65. The summed E-state index contributed by atoms with van der Waals surface area (Å²) in [5.41, 5.74) is 0.825. The minimum Gasteiger partial charge on any atom is -0.496 e. The van der Waals surface area contributed by atoms with Gasteiger partial charge in [-0.25, -0.2) is 0 Å². The zero-order chi connectivity index (χ0) is 19.3. The second kappa shape index (κ2) is 8.73. The van der Waals surface area contributed by atoms with Crippen LogP contribution in [0.5, 0.6) is 5.75 Å². The largest absolute Gasteiger partial charge is 0.496 e. The molecular formula is C21H28N4O3. The summed E-state index contributed by atoms with van der Waals surface area (Å²) >= 11 is 0. The first-order chi connectivity index (χ1) is 13.7. The highest BCUT2D eigenvalue weighted by Gasteiger charge is 2.29. The molecule has 0 atom stereocenters. The van der Waals surface area contributed by atoms with Gasteiger partial charge < -0.3 is 14.2 Å². The second-order valence-electron chi connectivity index (χ2n) is 7.65. The molecule has 1 aromatic carbocycles. The van der Waals surface area contributed by atoms with Gasteiger partial charge in [0.1, 0.15) is 5.75 Å². The van der Waals surface area contributed by atoms with E-state index in [2.05, 4.69) is 19.9 Å². The average molecular weight is 384 g/mol. The van der Waals surface area contributed by atoms with Crippen molar-refractivity contribution >= 4 is 5.91 Å². The Labute approximate surface area is 165 Å². The fourth-order valence-electron chi connectivity index (χ4n) is 4.16. The van der Waals surface area contributed by atoms with Crippen LogP contribution in [0.4, 0.5) is 0 Å². The number of likely N-dealkylation sites (tertiary alicyclic amines) is 2. The van der Waals surface area contributed by atoms with Gasteiger partial charge in [0.05, 0.1) is 19.2 Å². The first kappa shape index (κ1) is 18.9. The number of benzene rings is 1. The number of para-hydroxylation sites is 1. The fraction of sp³-hybridized carbons (Fsp3) is 0.571. The van der Waals surface area contributed by atoms with E-state index >= 15 is 0 Å². The van der Waals surface area contributed by atoms with Crippen LogP contribution in [0, 0.1) is 5.92 Å². The number of aromatic nitrogens is 2. The summed E-state index contributed by atoms with van der Waals surface area (Å²) in [5.74, 6) is 2.40. The van der Waals surface area contributed by atoms with E-state index < -0.39 is 0 Å². The van der Waals surface area contributed by atoms with Crippen molar-refractivity contribution in [2.24, 2.45) is 5.92 Å². The summed E-state index contributed by atoms with van der Waals surface area (Å²) in [5, 5.41) is 4.11. The molecule has 2 fully saturated rings. The van der Waals surface area contributed by atoms with Gasteiger partial charge in [0, 0.05) is 19.0 Å². The molecule has 0 unspecified atom stereocenters. The highest BCUT2D eigenvalue weighted by Crippen LogP contribution is 2.28. The molecule has 2 aromatic rings. The van der Waals surface area contributed by atoms with Crippen molar-refractivity contribution in [3.05, 3.63) is 30.2 Å². The Kier molecular flexibility index (Phi) is 5.90. The van der Waals surface area contributed by atoms with Crippen LogP contribution in [0.1, 0.15) is 38.0 Å². The first-order valence-electron chi connectivity index (χ1n) is 10.2. The number of carbonyl (C=O) groups is 1. The molecule has 0 saturated carbocycles. The molecule has 1 aromatic heterocycles. The van der Waals surface area contributed by atoms with E-state index in [4.69, 9.17) is 9.26 Å². The Bertz CT molecular complexity index is 792. The van der Waals surface area contributed by atoms with E-state index in [0.717, 1.165) is 63.2 Å². The fourth-order valence-corrected chi connectivity index (χ4v) is 4.16. The molecule has 3 heterocycles. The van der Waals surface area contributed by atoms with Crippen molar-refractivity contribution in [1.29, 1.82) is 0 Å². The molecule has 0 N–H and O–H groups in total. The van der Waals surface area contributed by atoms with E-state index in [0.29, 0.717) is 24.2 Å². The van der Waals surface area contributed by atoms with Crippen molar-refractivity contribution in [3.63, 3.8) is 0 Å². The lowest BCUT2D eigenvalue weighted by molar-refractivity contribution is -0.138. The Morgan fingerprint density at radius 1 is 1.14 bits per heavy atom. The standard InChI is InChI=1S/C21H28N4O3/c1-27-18-8-4-3-7-17(18)20-22-19(28-23-20)15-24-13-9-16(10-14-24)21(26)25-11-5-2-6-12-25/h3-4,7-8,16H,2,5-6,9-15H2,1H3. The van der Waals surface area contributed by atoms with Gasteiger partial charge in [-0.15, -0.1) is 0 Å². The van der Waals surface area contributed by atoms with Crippen LogP contribution < -0.4 is 4.74 Å². The van der Waals surface area contributed by atoms with Crippen molar-refractivity contribution in [2.75, 3.05) is 33.3 Å². The zero-order valence-corrected chi connectivity index (χ0v) is 16.5. The van der Waals surface area contributed by atoms with Crippen molar-refractivity contribution < 1.29 is 14.1 Å². The Balaban J connectivity index is 1.32. The molecule has 1 amide bonds. The molecule has 4 rings (SSSR count). The smallest absolute Gasteiger partial charge is 0.241 e. The van der Waals surface area contributed by atoms with Gasteiger partial charge in [-0.05, 0) is 57.3 Å². The van der Waals surface area contributed by atoms with Crippen LogP contribution in [0.2, 0.25) is 0 Å². The normalized spacial score (nSPS) is 19.0. The molecule has 0 bridgehead atoms. The van der Waals surface area contributed by atoms with Crippen molar-refractivity contribution in [2.45, 2.75) is 38.6 Å². The molecule has 0 spiro atoms. The third-order valence-electron chi connectivity index (χ3n) is 5.78. The monoisotopic (exact) mass is 384 g/mol. The van der Waals surface area contributed by atoms with E-state index in [9.17, 15) is 4.79 Å². The van der Waals surface area contributed by atoms with Crippen LogP contribution in [0.15, 0.2) is 28.8 Å². The molecule has 2 aliphatic rings. The zero-order valence-electron chi connectivity index (χ0n) is 16.5. The number of nitrogens with zero attached hydrogens (tertiary/aromatic N) is 4. The summed E-state index contributed by atoms with van der Waals surface area (Å²) in [6.07, 6.45) is 5.36. The van der Waals surface area contributed by atoms with E-state index in [1.165, 1.54) is 6.42 Å². The molecule has 28 heavy (non-hydrogen) atoms. The number of carbonyl (C=O) groups excluding carboxylic acids is 1. The Morgan fingerprint density at radius 3 is 2.64 bits per heavy atom. The van der Waals surface area contributed by atoms with E-state index in [-0.39, 0.29) is 5.92 Å². The molecule has 150 valence electrons. The third kappa shape index (κ3) is 4.19. The van der Waals surface area contributed by atoms with Gasteiger partial charge in [0.25, 0.3) is 0 Å². The lowest BCUT2D eigenvalue weighted by Crippen LogP contribution is -2.44. The van der Waals surface area contributed by atoms with Crippen LogP contribution in [0.3, 0.4) is 0 Å². The number of methoxy groups -OCH3 is 1. The van der Waals surface area contributed by atoms with Crippen molar-refractivity contribution in [3.8, 4) is 17.1 Å². The lowest BCUT2D eigenvalue weighted by Gasteiger charge is -2.35. The highest BCUT2D eigenvalue weighted by molar-refractivity contribution is 5.79. The maximum absolute atomic E-state index is 12.7. The van der Waals surface area contributed by atoms with Gasteiger partial charge >= 0.3 is 0 Å². The van der Waals surface area contributed by atoms with E-state index in [1.807, 2.05) is 24.3 Å². The maximum atomic E-state index is 12.7. The molecule has 2 aliphatic heterocycles. The topological polar surface area (TPSA) is 71.7 Å². The van der Waals surface area contributed by atoms with Crippen molar-refractivity contribution in [1.82, 2.24) is 19.9 Å². The summed E-state index contributed by atoms with van der Waals surface area (Å²) in [6.45, 7) is 4.26. The average Bonchev–Trinajstić information content (AvgIpc) is 3.22. The van der Waals surface area contributed by atoms with Gasteiger partial charge in [0.2, 0.25) is 17.6 Å². The van der Waals surface area contributed by atoms with Crippen LogP contribution in [-0.2, 0) is 11.3 Å². The minimum absolute atomic E-state index is 0.168. The third-order valence-corrected chi connectivity index (χ3v) is 5.78. The SMILES string of the molecule is COc1ccccc1-c1noc(CN2CCC(C(=O)N3CCCCC3)CC2)n1. The molecule has 0 aliphatic carbocycles. The first-order valence-corrected chi connectivity index (χ1v) is 10.2. The number of ether oxygens (including phenoxy) is 1. The molecule has 0 radical (unpaired) electrons.